The van der Waals surface area contributed by atoms with Crippen molar-refractivity contribution in [3.8, 4) is 22.9 Å². The van der Waals surface area contributed by atoms with E-state index in [4.69, 9.17) is 10.00 Å². The second-order valence-corrected chi connectivity index (χ2v) is 4.44. The second-order valence-electron chi connectivity index (χ2n) is 4.44. The van der Waals surface area contributed by atoms with Crippen LogP contribution in [0.2, 0.25) is 0 Å². The molecule has 0 fully saturated rings. The van der Waals surface area contributed by atoms with Gasteiger partial charge in [-0.25, -0.2) is 0 Å². The minimum Gasteiger partial charge on any atom is -0.496 e. The number of rotatable bonds is 3. The van der Waals surface area contributed by atoms with Crippen LogP contribution in [0.3, 0.4) is 0 Å². The Labute approximate surface area is 120 Å². The molecule has 2 aromatic rings. The molecule has 0 aromatic heterocycles. The highest BCUT2D eigenvalue weighted by Gasteiger charge is 2.30. The van der Waals surface area contributed by atoms with Crippen molar-refractivity contribution in [2.45, 2.75) is 12.6 Å². The highest BCUT2D eigenvalue weighted by atomic mass is 19.4. The largest absolute Gasteiger partial charge is 0.496 e. The van der Waals surface area contributed by atoms with Crippen molar-refractivity contribution in [3.63, 3.8) is 0 Å². The van der Waals surface area contributed by atoms with Crippen molar-refractivity contribution in [3.05, 3.63) is 53.6 Å². The maximum absolute atomic E-state index is 12.7. The van der Waals surface area contributed by atoms with Gasteiger partial charge in [-0.05, 0) is 35.4 Å². The molecule has 2 rings (SSSR count). The van der Waals surface area contributed by atoms with Crippen LogP contribution in [0.25, 0.3) is 11.1 Å². The van der Waals surface area contributed by atoms with Gasteiger partial charge in [-0.1, -0.05) is 18.2 Å². The summed E-state index contributed by atoms with van der Waals surface area (Å²) in [7, 11) is 1.49. The average molecular weight is 291 g/mol. The minimum absolute atomic E-state index is 0.135. The third-order valence-corrected chi connectivity index (χ3v) is 3.07. The molecular weight excluding hydrogens is 279 g/mol. The maximum Gasteiger partial charge on any atom is 0.416 e. The third-order valence-electron chi connectivity index (χ3n) is 3.07. The molecule has 108 valence electrons. The molecule has 0 spiro atoms. The van der Waals surface area contributed by atoms with E-state index in [1.165, 1.54) is 13.2 Å². The molecule has 21 heavy (non-hydrogen) atoms. The molecule has 5 heteroatoms. The van der Waals surface area contributed by atoms with Crippen LogP contribution in [-0.2, 0) is 12.6 Å². The quantitative estimate of drug-likeness (QED) is 0.837. The van der Waals surface area contributed by atoms with Gasteiger partial charge in [-0.15, -0.1) is 0 Å². The van der Waals surface area contributed by atoms with Crippen molar-refractivity contribution >= 4 is 0 Å². The number of hydrogen-bond donors (Lipinski definition) is 0. The predicted molar refractivity (Wildman–Crippen MR) is 72.7 cm³/mol. The van der Waals surface area contributed by atoms with E-state index in [-0.39, 0.29) is 6.42 Å². The van der Waals surface area contributed by atoms with Crippen molar-refractivity contribution in [2.75, 3.05) is 7.11 Å². The van der Waals surface area contributed by atoms with Crippen LogP contribution in [-0.4, -0.2) is 7.11 Å². The number of nitrogens with zero attached hydrogens (tertiary/aromatic N) is 1. The molecular formula is C16H12F3NO. The van der Waals surface area contributed by atoms with E-state index >= 15 is 0 Å². The number of alkyl halides is 3. The molecule has 2 aromatic carbocycles. The summed E-state index contributed by atoms with van der Waals surface area (Å²) in [6.45, 7) is 0. The molecule has 0 unspecified atom stereocenters. The van der Waals surface area contributed by atoms with Crippen LogP contribution in [0.1, 0.15) is 11.1 Å². The summed E-state index contributed by atoms with van der Waals surface area (Å²) >= 11 is 0. The SMILES string of the molecule is COc1ccc(-c2cccc(C(F)(F)F)c2)cc1CC#N. The zero-order valence-corrected chi connectivity index (χ0v) is 11.2. The number of methoxy groups -OCH3 is 1. The van der Waals surface area contributed by atoms with Gasteiger partial charge in [0.25, 0.3) is 0 Å². The molecule has 0 saturated heterocycles. The summed E-state index contributed by atoms with van der Waals surface area (Å²) < 4.78 is 43.4. The monoisotopic (exact) mass is 291 g/mol. The van der Waals surface area contributed by atoms with Crippen molar-refractivity contribution in [1.82, 2.24) is 0 Å². The summed E-state index contributed by atoms with van der Waals surface area (Å²) in [4.78, 5) is 0. The molecule has 2 nitrogen and oxygen atoms in total. The second kappa shape index (κ2) is 5.88. The number of ether oxygens (including phenoxy) is 1. The van der Waals surface area contributed by atoms with E-state index in [9.17, 15) is 13.2 Å². The van der Waals surface area contributed by atoms with Gasteiger partial charge in [-0.2, -0.15) is 18.4 Å². The Hall–Kier alpha value is -2.48. The summed E-state index contributed by atoms with van der Waals surface area (Å²) in [5.74, 6) is 0.548. The number of nitriles is 1. The van der Waals surface area contributed by atoms with E-state index in [1.54, 1.807) is 24.3 Å². The Morgan fingerprint density at radius 3 is 2.43 bits per heavy atom. The van der Waals surface area contributed by atoms with Gasteiger partial charge in [0.2, 0.25) is 0 Å². The first kappa shape index (κ1) is 14.9. The van der Waals surface area contributed by atoms with Gasteiger partial charge in [0.15, 0.2) is 0 Å². The summed E-state index contributed by atoms with van der Waals surface area (Å²) in [6, 6.07) is 12.1. The molecule has 0 radical (unpaired) electrons. The van der Waals surface area contributed by atoms with Gasteiger partial charge in [0.1, 0.15) is 5.75 Å². The molecule has 0 aliphatic heterocycles. The van der Waals surface area contributed by atoms with E-state index < -0.39 is 11.7 Å². The topological polar surface area (TPSA) is 33.0 Å². The van der Waals surface area contributed by atoms with Crippen LogP contribution in [0.15, 0.2) is 42.5 Å². The molecule has 0 saturated carbocycles. The lowest BCUT2D eigenvalue weighted by atomic mass is 9.99. The Kier molecular flexibility index (Phi) is 4.18. The summed E-state index contributed by atoms with van der Waals surface area (Å²) in [5, 5.41) is 8.80. The van der Waals surface area contributed by atoms with Gasteiger partial charge in [-0.3, -0.25) is 0 Å². The molecule has 0 atom stereocenters. The predicted octanol–water partition coefficient (Wildman–Crippen LogP) is 4.45. The van der Waals surface area contributed by atoms with Crippen LogP contribution in [0.5, 0.6) is 5.75 Å². The van der Waals surface area contributed by atoms with Gasteiger partial charge in [0, 0.05) is 5.56 Å². The first-order valence-corrected chi connectivity index (χ1v) is 6.17. The highest BCUT2D eigenvalue weighted by molar-refractivity contribution is 5.66. The molecule has 0 aliphatic carbocycles. The average Bonchev–Trinajstić information content (AvgIpc) is 2.47. The van der Waals surface area contributed by atoms with Gasteiger partial charge in [0.05, 0.1) is 25.2 Å². The number of hydrogen-bond acceptors (Lipinski definition) is 2. The van der Waals surface area contributed by atoms with E-state index in [1.807, 2.05) is 6.07 Å². The molecule has 0 N–H and O–H groups in total. The fourth-order valence-corrected chi connectivity index (χ4v) is 2.06. The first-order chi connectivity index (χ1) is 9.95. The fourth-order valence-electron chi connectivity index (χ4n) is 2.06. The third kappa shape index (κ3) is 3.34. The van der Waals surface area contributed by atoms with E-state index in [2.05, 4.69) is 0 Å². The standard InChI is InChI=1S/C16H12F3NO/c1-21-15-6-5-12(9-13(15)7-8-20)11-3-2-4-14(10-11)16(17,18)19/h2-6,9-10H,7H2,1H3. The van der Waals surface area contributed by atoms with Crippen molar-refractivity contribution in [2.24, 2.45) is 0 Å². The van der Waals surface area contributed by atoms with Crippen LogP contribution >= 0.6 is 0 Å². The number of halogens is 3. The number of benzene rings is 2. The zero-order chi connectivity index (χ0) is 15.5. The van der Waals surface area contributed by atoms with Crippen molar-refractivity contribution in [1.29, 1.82) is 5.26 Å². The first-order valence-electron chi connectivity index (χ1n) is 6.17. The van der Waals surface area contributed by atoms with E-state index in [0.717, 1.165) is 12.1 Å². The lowest BCUT2D eigenvalue weighted by molar-refractivity contribution is -0.137. The Morgan fingerprint density at radius 1 is 1.10 bits per heavy atom. The summed E-state index contributed by atoms with van der Waals surface area (Å²) in [5.41, 5.74) is 1.02. The Bertz CT molecular complexity index is 687. The normalized spacial score (nSPS) is 11.0. The smallest absolute Gasteiger partial charge is 0.416 e. The molecule has 0 amide bonds. The lowest BCUT2D eigenvalue weighted by Gasteiger charge is -2.11. The Morgan fingerprint density at radius 2 is 1.81 bits per heavy atom. The fraction of sp³-hybridized carbons (Fsp3) is 0.188. The lowest BCUT2D eigenvalue weighted by Crippen LogP contribution is -2.04. The molecule has 0 heterocycles. The summed E-state index contributed by atoms with van der Waals surface area (Å²) in [6.07, 6.45) is -4.24. The highest BCUT2D eigenvalue weighted by Crippen LogP contribution is 2.33. The van der Waals surface area contributed by atoms with E-state index in [0.29, 0.717) is 22.4 Å². The van der Waals surface area contributed by atoms with Crippen LogP contribution < -0.4 is 4.74 Å². The minimum atomic E-state index is -4.38. The Balaban J connectivity index is 2.47. The zero-order valence-electron chi connectivity index (χ0n) is 11.2. The molecule has 0 aliphatic rings. The van der Waals surface area contributed by atoms with Crippen LogP contribution in [0.4, 0.5) is 13.2 Å². The van der Waals surface area contributed by atoms with Crippen LogP contribution in [0, 0.1) is 11.3 Å². The molecule has 0 bridgehead atoms. The maximum atomic E-state index is 12.7. The van der Waals surface area contributed by atoms with Gasteiger partial charge >= 0.3 is 6.18 Å². The van der Waals surface area contributed by atoms with Gasteiger partial charge < -0.3 is 4.74 Å². The van der Waals surface area contributed by atoms with Crippen molar-refractivity contribution < 1.29 is 17.9 Å².